The lowest BCUT2D eigenvalue weighted by atomic mass is 10.00. The van der Waals surface area contributed by atoms with Crippen molar-refractivity contribution in [1.29, 1.82) is 0 Å². The van der Waals surface area contributed by atoms with E-state index >= 15 is 0 Å². The topological polar surface area (TPSA) is 106 Å². The summed E-state index contributed by atoms with van der Waals surface area (Å²) in [7, 11) is 1.26. The lowest BCUT2D eigenvalue weighted by molar-refractivity contribution is -0.132. The van der Waals surface area contributed by atoms with Crippen LogP contribution >= 0.6 is 22.7 Å². The molecule has 1 N–H and O–H groups in total. The van der Waals surface area contributed by atoms with Crippen molar-refractivity contribution in [2.45, 2.75) is 32.9 Å². The van der Waals surface area contributed by atoms with E-state index in [2.05, 4.69) is 4.98 Å². The normalized spacial score (nSPS) is 17.4. The van der Waals surface area contributed by atoms with Gasteiger partial charge in [0, 0.05) is 10.4 Å². The number of hydrogen-bond donors (Lipinski definition) is 1. The Morgan fingerprint density at radius 2 is 1.88 bits per heavy atom. The molecule has 2 aromatic heterocycles. The van der Waals surface area contributed by atoms with Crippen LogP contribution in [0, 0.1) is 6.92 Å². The van der Waals surface area contributed by atoms with Gasteiger partial charge in [0.1, 0.15) is 22.4 Å². The number of thiazole rings is 1. The summed E-state index contributed by atoms with van der Waals surface area (Å²) in [5, 5.41) is 13.2. The molecule has 0 saturated carbocycles. The number of aliphatic hydroxyl groups excluding tert-OH is 1. The minimum atomic E-state index is -0.886. The minimum Gasteiger partial charge on any atom is -0.507 e. The van der Waals surface area contributed by atoms with Crippen molar-refractivity contribution in [2.75, 3.05) is 12.0 Å². The maximum absolute atomic E-state index is 13.2. The van der Waals surface area contributed by atoms with E-state index in [1.165, 1.54) is 23.3 Å². The molecule has 4 rings (SSSR count). The molecule has 1 aliphatic rings. The Balaban J connectivity index is 1.83. The van der Waals surface area contributed by atoms with Gasteiger partial charge in [-0.25, -0.2) is 9.78 Å². The van der Waals surface area contributed by atoms with E-state index in [-0.39, 0.29) is 27.4 Å². The summed E-state index contributed by atoms with van der Waals surface area (Å²) in [6.45, 7) is 5.44. The number of aliphatic hydroxyl groups is 1. The third kappa shape index (κ3) is 4.22. The highest BCUT2D eigenvalue weighted by Gasteiger charge is 2.48. The predicted molar refractivity (Wildman–Crippen MR) is 129 cm³/mol. The number of rotatable bonds is 6. The van der Waals surface area contributed by atoms with Crippen LogP contribution in [0.4, 0.5) is 5.13 Å². The van der Waals surface area contributed by atoms with Crippen LogP contribution in [0.25, 0.3) is 5.76 Å². The van der Waals surface area contributed by atoms with Crippen molar-refractivity contribution in [2.24, 2.45) is 0 Å². The number of ether oxygens (including phenoxy) is 2. The van der Waals surface area contributed by atoms with E-state index in [0.29, 0.717) is 21.9 Å². The summed E-state index contributed by atoms with van der Waals surface area (Å²) >= 11 is 2.31. The Morgan fingerprint density at radius 3 is 2.47 bits per heavy atom. The number of anilines is 1. The molecule has 8 nitrogen and oxygen atoms in total. The number of nitrogens with zero attached hydrogens (tertiary/aromatic N) is 2. The van der Waals surface area contributed by atoms with Crippen LogP contribution < -0.4 is 9.64 Å². The fourth-order valence-electron chi connectivity index (χ4n) is 3.63. The number of methoxy groups -OCH3 is 1. The Kier molecular flexibility index (Phi) is 6.54. The molecule has 1 unspecified atom stereocenters. The molecule has 3 heterocycles. The number of aromatic nitrogens is 1. The molecule has 10 heteroatoms. The van der Waals surface area contributed by atoms with Crippen molar-refractivity contribution in [1.82, 2.24) is 4.98 Å². The molecule has 34 heavy (non-hydrogen) atoms. The van der Waals surface area contributed by atoms with Gasteiger partial charge in [0.25, 0.3) is 5.78 Å². The second kappa shape index (κ2) is 9.40. The number of carbonyl (C=O) groups is 3. The molecule has 0 radical (unpaired) electrons. The van der Waals surface area contributed by atoms with Gasteiger partial charge in [0.2, 0.25) is 0 Å². The predicted octanol–water partition coefficient (Wildman–Crippen LogP) is 4.71. The van der Waals surface area contributed by atoms with E-state index in [9.17, 15) is 19.5 Å². The van der Waals surface area contributed by atoms with Gasteiger partial charge in [0.15, 0.2) is 5.13 Å². The molecule has 1 aliphatic heterocycles. The number of ketones is 1. The summed E-state index contributed by atoms with van der Waals surface area (Å²) in [6, 6.07) is 9.34. The lowest BCUT2D eigenvalue weighted by Gasteiger charge is -2.21. The molecule has 1 aromatic carbocycles. The van der Waals surface area contributed by atoms with E-state index in [0.717, 1.165) is 11.3 Å². The largest absolute Gasteiger partial charge is 0.507 e. The van der Waals surface area contributed by atoms with Crippen LogP contribution in [-0.4, -0.2) is 41.0 Å². The van der Waals surface area contributed by atoms with Crippen LogP contribution in [-0.2, 0) is 14.3 Å². The first-order valence-electron chi connectivity index (χ1n) is 10.4. The Morgan fingerprint density at radius 1 is 1.18 bits per heavy atom. The van der Waals surface area contributed by atoms with E-state index in [1.54, 1.807) is 43.3 Å². The lowest BCUT2D eigenvalue weighted by Crippen LogP contribution is -2.29. The van der Waals surface area contributed by atoms with E-state index in [1.807, 2.05) is 19.2 Å². The third-order valence-corrected chi connectivity index (χ3v) is 7.18. The van der Waals surface area contributed by atoms with Crippen molar-refractivity contribution < 1.29 is 29.0 Å². The Labute approximate surface area is 204 Å². The molecule has 0 aliphatic carbocycles. The number of amides is 1. The van der Waals surface area contributed by atoms with Crippen LogP contribution in [0.3, 0.4) is 0 Å². The van der Waals surface area contributed by atoms with Crippen molar-refractivity contribution in [3.63, 3.8) is 0 Å². The average Bonchev–Trinajstić information content (AvgIpc) is 3.52. The van der Waals surface area contributed by atoms with Gasteiger partial charge in [-0.1, -0.05) is 17.4 Å². The second-order valence-corrected chi connectivity index (χ2v) is 9.73. The summed E-state index contributed by atoms with van der Waals surface area (Å²) in [6.07, 6.45) is -0.0137. The first kappa shape index (κ1) is 23.7. The van der Waals surface area contributed by atoms with Gasteiger partial charge < -0.3 is 14.6 Å². The van der Waals surface area contributed by atoms with Crippen LogP contribution in [0.2, 0.25) is 0 Å². The number of thiophene rings is 1. The average molecular weight is 499 g/mol. The number of aryl methyl sites for hydroxylation is 1. The fraction of sp³-hybridized carbons (Fsp3) is 0.250. The van der Waals surface area contributed by atoms with Crippen molar-refractivity contribution in [3.8, 4) is 5.75 Å². The molecular weight excluding hydrogens is 476 g/mol. The number of esters is 1. The summed E-state index contributed by atoms with van der Waals surface area (Å²) < 4.78 is 10.4. The highest BCUT2D eigenvalue weighted by molar-refractivity contribution is 7.18. The highest BCUT2D eigenvalue weighted by atomic mass is 32.1. The Hall–Kier alpha value is -3.50. The molecule has 1 amide bonds. The zero-order valence-electron chi connectivity index (χ0n) is 18.9. The second-order valence-electron chi connectivity index (χ2n) is 7.78. The smallest absolute Gasteiger partial charge is 0.350 e. The van der Waals surface area contributed by atoms with Gasteiger partial charge in [-0.2, -0.15) is 0 Å². The molecule has 1 atom stereocenters. The highest BCUT2D eigenvalue weighted by Crippen LogP contribution is 2.45. The monoisotopic (exact) mass is 498 g/mol. The van der Waals surface area contributed by atoms with Gasteiger partial charge in [-0.15, -0.1) is 11.3 Å². The molecule has 176 valence electrons. The van der Waals surface area contributed by atoms with E-state index < -0.39 is 23.7 Å². The fourth-order valence-corrected chi connectivity index (χ4v) is 5.47. The molecule has 0 bridgehead atoms. The number of Topliss-reactive ketones (excluding diaryl/α,β-unsaturated/α-hetero) is 1. The van der Waals surface area contributed by atoms with Gasteiger partial charge in [-0.05, 0) is 56.5 Å². The third-order valence-electron chi connectivity index (χ3n) is 5.12. The van der Waals surface area contributed by atoms with Crippen LogP contribution in [0.15, 0.2) is 47.4 Å². The SMILES string of the molecule is COC(=O)c1sc(N2C(=O)C(=O)/C(=C(/O)c3ccc(OC(C)C)cc3)C2c2cccs2)nc1C. The zero-order chi connectivity index (χ0) is 24.6. The molecule has 1 saturated heterocycles. The summed E-state index contributed by atoms with van der Waals surface area (Å²) in [5.74, 6) is -1.91. The Bertz CT molecular complexity index is 1280. The zero-order valence-corrected chi connectivity index (χ0v) is 20.5. The van der Waals surface area contributed by atoms with Crippen molar-refractivity contribution in [3.05, 3.63) is 68.4 Å². The maximum atomic E-state index is 13.2. The first-order valence-corrected chi connectivity index (χ1v) is 12.1. The maximum Gasteiger partial charge on any atom is 0.350 e. The number of benzene rings is 1. The molecule has 1 fully saturated rings. The van der Waals surface area contributed by atoms with Gasteiger partial charge >= 0.3 is 11.9 Å². The summed E-state index contributed by atoms with van der Waals surface area (Å²) in [4.78, 5) is 44.9. The standard InChI is InChI=1S/C24H22N2O6S2/c1-12(2)32-15-9-7-14(8-10-15)19(27)17-18(16-6-5-11-33-16)26(22(29)20(17)28)24-25-13(3)21(34-24)23(30)31-4/h5-12,18,27H,1-4H3/b19-17+. The van der Waals surface area contributed by atoms with Gasteiger partial charge in [0.05, 0.1) is 24.5 Å². The molecular formula is C24H22N2O6S2. The number of carbonyl (C=O) groups excluding carboxylic acids is 3. The molecule has 3 aromatic rings. The van der Waals surface area contributed by atoms with E-state index in [4.69, 9.17) is 9.47 Å². The van der Waals surface area contributed by atoms with Crippen LogP contribution in [0.5, 0.6) is 5.75 Å². The van der Waals surface area contributed by atoms with Gasteiger partial charge in [-0.3, -0.25) is 14.5 Å². The quantitative estimate of drug-likeness (QED) is 0.227. The van der Waals surface area contributed by atoms with Crippen LogP contribution in [0.1, 0.15) is 45.7 Å². The first-order chi connectivity index (χ1) is 16.2. The summed E-state index contributed by atoms with van der Waals surface area (Å²) in [5.41, 5.74) is 0.720. The number of hydrogen-bond acceptors (Lipinski definition) is 9. The van der Waals surface area contributed by atoms with Crippen molar-refractivity contribution >= 4 is 51.2 Å². The molecule has 0 spiro atoms. The minimum absolute atomic E-state index is 0.0137.